The maximum absolute atomic E-state index is 12.7. The lowest BCUT2D eigenvalue weighted by atomic mass is 10.0. The Kier molecular flexibility index (Phi) is 7.22. The molecule has 6 nitrogen and oxygen atoms in total. The van der Waals surface area contributed by atoms with E-state index in [2.05, 4.69) is 6.58 Å². The molecule has 2 amide bonds. The van der Waals surface area contributed by atoms with Gasteiger partial charge >= 0.3 is 12.0 Å². The van der Waals surface area contributed by atoms with E-state index in [1.807, 2.05) is 13.8 Å². The van der Waals surface area contributed by atoms with E-state index >= 15 is 0 Å². The van der Waals surface area contributed by atoms with Gasteiger partial charge in [0, 0.05) is 19.6 Å². The van der Waals surface area contributed by atoms with Crippen molar-refractivity contribution in [3.63, 3.8) is 0 Å². The first kappa shape index (κ1) is 17.5. The number of hydrogen-bond acceptors (Lipinski definition) is 3. The van der Waals surface area contributed by atoms with Gasteiger partial charge in [-0.3, -0.25) is 4.79 Å². The molecule has 1 aliphatic rings. The molecule has 120 valence electrons. The summed E-state index contributed by atoms with van der Waals surface area (Å²) < 4.78 is 5.29. The molecule has 0 aromatic carbocycles. The van der Waals surface area contributed by atoms with Gasteiger partial charge in [-0.05, 0) is 12.8 Å². The molecule has 0 radical (unpaired) electrons. The van der Waals surface area contributed by atoms with E-state index < -0.39 is 11.9 Å². The zero-order chi connectivity index (χ0) is 15.8. The third-order valence-corrected chi connectivity index (χ3v) is 3.59. The lowest BCUT2D eigenvalue weighted by molar-refractivity contribution is -0.142. The Labute approximate surface area is 126 Å². The van der Waals surface area contributed by atoms with Crippen LogP contribution >= 0.6 is 0 Å². The van der Waals surface area contributed by atoms with Crippen LogP contribution in [0.4, 0.5) is 4.79 Å². The van der Waals surface area contributed by atoms with Crippen LogP contribution in [0.1, 0.15) is 26.7 Å². The van der Waals surface area contributed by atoms with Crippen LogP contribution in [0.25, 0.3) is 0 Å². The van der Waals surface area contributed by atoms with E-state index in [-0.39, 0.29) is 25.3 Å². The second-order valence-electron chi connectivity index (χ2n) is 5.26. The Balaban J connectivity index is 2.90. The molecule has 2 atom stereocenters. The minimum absolute atomic E-state index is 0.125. The van der Waals surface area contributed by atoms with E-state index in [1.54, 1.807) is 15.9 Å². The van der Waals surface area contributed by atoms with Gasteiger partial charge in [-0.25, -0.2) is 4.79 Å². The fourth-order valence-electron chi connectivity index (χ4n) is 2.60. The lowest BCUT2D eigenvalue weighted by Crippen LogP contribution is -2.52. The minimum Gasteiger partial charge on any atom is -0.481 e. The Morgan fingerprint density at radius 2 is 1.95 bits per heavy atom. The number of ether oxygens (including phenoxy) is 1. The van der Waals surface area contributed by atoms with Crippen LogP contribution in [-0.4, -0.2) is 65.8 Å². The van der Waals surface area contributed by atoms with Crippen LogP contribution in [0, 0.1) is 5.92 Å². The predicted octanol–water partition coefficient (Wildman–Crippen LogP) is 1.82. The Morgan fingerprint density at radius 1 is 1.29 bits per heavy atom. The van der Waals surface area contributed by atoms with Crippen molar-refractivity contribution in [1.29, 1.82) is 0 Å². The number of carboxylic acids is 1. The molecule has 0 aromatic rings. The van der Waals surface area contributed by atoms with E-state index in [0.717, 1.165) is 12.8 Å². The van der Waals surface area contributed by atoms with Gasteiger partial charge in [0.2, 0.25) is 0 Å². The van der Waals surface area contributed by atoms with Gasteiger partial charge in [0.25, 0.3) is 0 Å². The van der Waals surface area contributed by atoms with Crippen molar-refractivity contribution in [2.45, 2.75) is 32.7 Å². The number of urea groups is 1. The maximum atomic E-state index is 12.7. The summed E-state index contributed by atoms with van der Waals surface area (Å²) in [7, 11) is 0. The quantitative estimate of drug-likeness (QED) is 0.694. The van der Waals surface area contributed by atoms with Crippen molar-refractivity contribution in [3.8, 4) is 0 Å². The second kappa shape index (κ2) is 8.67. The highest BCUT2D eigenvalue weighted by molar-refractivity contribution is 5.77. The first-order valence-electron chi connectivity index (χ1n) is 7.53. The lowest BCUT2D eigenvalue weighted by Gasteiger charge is -2.34. The fourth-order valence-corrected chi connectivity index (χ4v) is 2.60. The molecule has 0 aliphatic carbocycles. The number of carbonyl (C=O) groups excluding carboxylic acids is 1. The second-order valence-corrected chi connectivity index (χ2v) is 5.26. The molecular formula is C15H26N2O4. The van der Waals surface area contributed by atoms with Gasteiger partial charge in [0.15, 0.2) is 0 Å². The first-order chi connectivity index (χ1) is 10.1. The van der Waals surface area contributed by atoms with Crippen LogP contribution in [-0.2, 0) is 9.53 Å². The van der Waals surface area contributed by atoms with E-state index in [9.17, 15) is 14.7 Å². The van der Waals surface area contributed by atoms with Crippen LogP contribution < -0.4 is 0 Å². The molecular weight excluding hydrogens is 272 g/mol. The molecule has 1 fully saturated rings. The average molecular weight is 298 g/mol. The number of amides is 2. The summed E-state index contributed by atoms with van der Waals surface area (Å²) >= 11 is 0. The number of rotatable bonds is 8. The SMILES string of the molecule is C=CCN(CCC)C(=O)N(CCC)C1COCC1C(=O)O. The molecule has 1 heterocycles. The number of carboxylic acid groups (broad SMARTS) is 1. The maximum Gasteiger partial charge on any atom is 0.320 e. The molecule has 2 unspecified atom stereocenters. The summed E-state index contributed by atoms with van der Waals surface area (Å²) in [4.78, 5) is 27.4. The predicted molar refractivity (Wildman–Crippen MR) is 80.2 cm³/mol. The van der Waals surface area contributed by atoms with Crippen molar-refractivity contribution < 1.29 is 19.4 Å². The van der Waals surface area contributed by atoms with Gasteiger partial charge in [0.1, 0.15) is 5.92 Å². The van der Waals surface area contributed by atoms with E-state index in [4.69, 9.17) is 4.74 Å². The largest absolute Gasteiger partial charge is 0.481 e. The molecule has 0 saturated carbocycles. The van der Waals surface area contributed by atoms with Crippen molar-refractivity contribution >= 4 is 12.0 Å². The average Bonchev–Trinajstić information content (AvgIpc) is 2.93. The van der Waals surface area contributed by atoms with Crippen LogP contribution in [0.3, 0.4) is 0 Å². The van der Waals surface area contributed by atoms with Crippen molar-refractivity contribution in [2.24, 2.45) is 5.92 Å². The Bertz CT molecular complexity index is 373. The topological polar surface area (TPSA) is 70.1 Å². The summed E-state index contributed by atoms with van der Waals surface area (Å²) in [5.74, 6) is -1.55. The molecule has 21 heavy (non-hydrogen) atoms. The van der Waals surface area contributed by atoms with Crippen molar-refractivity contribution in [3.05, 3.63) is 12.7 Å². The Hall–Kier alpha value is -1.56. The van der Waals surface area contributed by atoms with E-state index in [0.29, 0.717) is 19.6 Å². The van der Waals surface area contributed by atoms with Crippen LogP contribution in [0.15, 0.2) is 12.7 Å². The van der Waals surface area contributed by atoms with E-state index in [1.165, 1.54) is 0 Å². The number of carbonyl (C=O) groups is 2. The molecule has 1 aliphatic heterocycles. The molecule has 1 N–H and O–H groups in total. The molecule has 0 spiro atoms. The fraction of sp³-hybridized carbons (Fsp3) is 0.733. The molecule has 1 saturated heterocycles. The molecule has 0 bridgehead atoms. The van der Waals surface area contributed by atoms with Crippen molar-refractivity contribution in [2.75, 3.05) is 32.8 Å². The Morgan fingerprint density at radius 3 is 2.48 bits per heavy atom. The first-order valence-corrected chi connectivity index (χ1v) is 7.53. The van der Waals surface area contributed by atoms with Gasteiger partial charge in [0.05, 0.1) is 19.3 Å². The third kappa shape index (κ3) is 4.46. The highest BCUT2D eigenvalue weighted by Crippen LogP contribution is 2.22. The monoisotopic (exact) mass is 298 g/mol. The number of nitrogens with zero attached hydrogens (tertiary/aromatic N) is 2. The summed E-state index contributed by atoms with van der Waals surface area (Å²) in [6, 6.07) is -0.514. The summed E-state index contributed by atoms with van der Waals surface area (Å²) in [5.41, 5.74) is 0. The van der Waals surface area contributed by atoms with Gasteiger partial charge in [-0.1, -0.05) is 19.9 Å². The standard InChI is InChI=1S/C15H26N2O4/c1-4-7-16(8-5-2)15(20)17(9-6-3)13-11-21-10-12(13)14(18)19/h4,12-13H,1,5-11H2,2-3H3,(H,18,19). The number of aliphatic carboxylic acids is 1. The molecule has 0 aromatic heterocycles. The zero-order valence-electron chi connectivity index (χ0n) is 13.0. The van der Waals surface area contributed by atoms with Gasteiger partial charge in [-0.15, -0.1) is 6.58 Å². The molecule has 6 heteroatoms. The van der Waals surface area contributed by atoms with Gasteiger partial charge in [-0.2, -0.15) is 0 Å². The number of hydrogen-bond donors (Lipinski definition) is 1. The molecule has 1 rings (SSSR count). The highest BCUT2D eigenvalue weighted by Gasteiger charge is 2.40. The normalized spacial score (nSPS) is 21.0. The smallest absolute Gasteiger partial charge is 0.320 e. The third-order valence-electron chi connectivity index (χ3n) is 3.59. The summed E-state index contributed by atoms with van der Waals surface area (Å²) in [6.45, 7) is 9.76. The summed E-state index contributed by atoms with van der Waals surface area (Å²) in [6.07, 6.45) is 3.32. The summed E-state index contributed by atoms with van der Waals surface area (Å²) in [5, 5.41) is 9.28. The van der Waals surface area contributed by atoms with Crippen LogP contribution in [0.2, 0.25) is 0 Å². The highest BCUT2D eigenvalue weighted by atomic mass is 16.5. The van der Waals surface area contributed by atoms with Crippen molar-refractivity contribution in [1.82, 2.24) is 9.80 Å². The van der Waals surface area contributed by atoms with Crippen LogP contribution in [0.5, 0.6) is 0 Å². The van der Waals surface area contributed by atoms with Gasteiger partial charge < -0.3 is 19.6 Å². The zero-order valence-corrected chi connectivity index (χ0v) is 13.0. The minimum atomic E-state index is -0.905.